The van der Waals surface area contributed by atoms with Crippen LogP contribution in [0.4, 0.5) is 0 Å². The Morgan fingerprint density at radius 2 is 1.88 bits per heavy atom. The van der Waals surface area contributed by atoms with Crippen LogP contribution >= 0.6 is 0 Å². The molecule has 1 aliphatic rings. The largest absolute Gasteiger partial charge is 0.379 e. The molecule has 1 aliphatic heterocycles. The number of hydrogen-bond donors (Lipinski definition) is 1. The Labute approximate surface area is 203 Å². The molecule has 0 aliphatic carbocycles. The maximum atomic E-state index is 12.9. The first-order chi connectivity index (χ1) is 16.4. The normalized spacial score (nSPS) is 15.3. The Morgan fingerprint density at radius 1 is 1.15 bits per heavy atom. The molecule has 1 saturated heterocycles. The zero-order chi connectivity index (χ0) is 24.6. The molecule has 34 heavy (non-hydrogen) atoms. The van der Waals surface area contributed by atoms with E-state index < -0.39 is 10.0 Å². The first-order valence-corrected chi connectivity index (χ1v) is 13.9. The fourth-order valence-corrected chi connectivity index (χ4v) is 5.84. The molecule has 1 aromatic heterocycles. The van der Waals surface area contributed by atoms with Crippen molar-refractivity contribution < 1.29 is 17.9 Å². The van der Waals surface area contributed by atoms with Gasteiger partial charge in [0.25, 0.3) is 0 Å². The van der Waals surface area contributed by atoms with E-state index in [1.54, 1.807) is 12.1 Å². The minimum absolute atomic E-state index is 0.0156. The summed E-state index contributed by atoms with van der Waals surface area (Å²) in [5.74, 6) is 0.833. The van der Waals surface area contributed by atoms with Crippen molar-refractivity contribution in [3.05, 3.63) is 24.0 Å². The van der Waals surface area contributed by atoms with Crippen LogP contribution in [0.3, 0.4) is 0 Å². The number of amides is 1. The van der Waals surface area contributed by atoms with Crippen LogP contribution in [0.5, 0.6) is 0 Å². The van der Waals surface area contributed by atoms with Crippen molar-refractivity contribution in [1.29, 1.82) is 0 Å². The van der Waals surface area contributed by atoms with Gasteiger partial charge < -0.3 is 14.6 Å². The molecule has 1 amide bonds. The Bertz CT molecular complexity index is 1040. The van der Waals surface area contributed by atoms with Crippen molar-refractivity contribution in [2.45, 2.75) is 57.9 Å². The molecule has 0 bridgehead atoms. The molecule has 3 rings (SSSR count). The topological polar surface area (TPSA) is 96.8 Å². The minimum Gasteiger partial charge on any atom is -0.379 e. The van der Waals surface area contributed by atoms with Gasteiger partial charge in [-0.2, -0.15) is 4.31 Å². The van der Waals surface area contributed by atoms with E-state index in [1.165, 1.54) is 4.31 Å². The predicted octanol–water partition coefficient (Wildman–Crippen LogP) is 2.25. The van der Waals surface area contributed by atoms with E-state index in [0.717, 1.165) is 63.6 Å². The van der Waals surface area contributed by atoms with Gasteiger partial charge in [0.15, 0.2) is 0 Å². The highest BCUT2D eigenvalue weighted by atomic mass is 32.2. The number of aryl methyl sites for hydroxylation is 2. The van der Waals surface area contributed by atoms with Crippen molar-refractivity contribution in [2.24, 2.45) is 0 Å². The maximum absolute atomic E-state index is 12.9. The summed E-state index contributed by atoms with van der Waals surface area (Å²) in [4.78, 5) is 19.8. The van der Waals surface area contributed by atoms with Crippen LogP contribution in [-0.4, -0.2) is 85.6 Å². The summed E-state index contributed by atoms with van der Waals surface area (Å²) in [7, 11) is -3.55. The second-order valence-electron chi connectivity index (χ2n) is 8.58. The third-order valence-electron chi connectivity index (χ3n) is 6.24. The van der Waals surface area contributed by atoms with Gasteiger partial charge in [-0.1, -0.05) is 20.8 Å². The first-order valence-electron chi connectivity index (χ1n) is 12.5. The van der Waals surface area contributed by atoms with Gasteiger partial charge in [0.2, 0.25) is 15.9 Å². The molecule has 10 heteroatoms. The molecule has 1 fully saturated rings. The minimum atomic E-state index is -3.55. The van der Waals surface area contributed by atoms with Gasteiger partial charge in [0.05, 0.1) is 29.1 Å². The van der Waals surface area contributed by atoms with Crippen LogP contribution in [0.1, 0.15) is 45.9 Å². The number of benzene rings is 1. The highest BCUT2D eigenvalue weighted by Crippen LogP contribution is 2.24. The molecule has 1 aromatic carbocycles. The Balaban J connectivity index is 1.63. The van der Waals surface area contributed by atoms with Gasteiger partial charge in [0.1, 0.15) is 5.82 Å². The summed E-state index contributed by atoms with van der Waals surface area (Å²) in [5.41, 5.74) is 1.56. The molecule has 0 atom stereocenters. The predicted molar refractivity (Wildman–Crippen MR) is 133 cm³/mol. The number of sulfonamides is 1. The van der Waals surface area contributed by atoms with Crippen LogP contribution in [0.25, 0.3) is 11.0 Å². The number of ether oxygens (including phenoxy) is 1. The Morgan fingerprint density at radius 3 is 2.56 bits per heavy atom. The van der Waals surface area contributed by atoms with Crippen LogP contribution in [-0.2, 0) is 32.5 Å². The highest BCUT2D eigenvalue weighted by Gasteiger charge is 2.23. The van der Waals surface area contributed by atoms with Gasteiger partial charge in [0, 0.05) is 52.1 Å². The lowest BCUT2D eigenvalue weighted by Gasteiger charge is -2.26. The number of fused-ring (bicyclic) bond motifs is 1. The van der Waals surface area contributed by atoms with Gasteiger partial charge in [-0.15, -0.1) is 0 Å². The van der Waals surface area contributed by atoms with Crippen molar-refractivity contribution >= 4 is 27.0 Å². The van der Waals surface area contributed by atoms with Crippen molar-refractivity contribution in [3.63, 3.8) is 0 Å². The lowest BCUT2D eigenvalue weighted by molar-refractivity contribution is -0.121. The average Bonchev–Trinajstić information content (AvgIpc) is 3.18. The summed E-state index contributed by atoms with van der Waals surface area (Å²) in [5, 5.41) is 3.01. The summed E-state index contributed by atoms with van der Waals surface area (Å²) >= 11 is 0. The van der Waals surface area contributed by atoms with E-state index in [0.29, 0.717) is 38.0 Å². The Kier molecular flexibility index (Phi) is 9.87. The smallest absolute Gasteiger partial charge is 0.243 e. The molecule has 2 aromatic rings. The lowest BCUT2D eigenvalue weighted by Crippen LogP contribution is -2.38. The van der Waals surface area contributed by atoms with Gasteiger partial charge >= 0.3 is 0 Å². The number of aromatic nitrogens is 2. The molecule has 0 unspecified atom stereocenters. The van der Waals surface area contributed by atoms with Crippen LogP contribution < -0.4 is 5.32 Å². The number of nitrogens with one attached hydrogen (secondary N) is 1. The fraction of sp³-hybridized carbons (Fsp3) is 0.667. The molecule has 9 nitrogen and oxygen atoms in total. The molecule has 2 heterocycles. The van der Waals surface area contributed by atoms with Gasteiger partial charge in [-0.25, -0.2) is 13.4 Å². The summed E-state index contributed by atoms with van der Waals surface area (Å²) < 4.78 is 34.8. The molecule has 0 saturated carbocycles. The van der Waals surface area contributed by atoms with Crippen LogP contribution in [0.2, 0.25) is 0 Å². The van der Waals surface area contributed by atoms with Crippen LogP contribution in [0.15, 0.2) is 23.1 Å². The highest BCUT2D eigenvalue weighted by molar-refractivity contribution is 7.89. The van der Waals surface area contributed by atoms with E-state index >= 15 is 0 Å². The third-order valence-corrected chi connectivity index (χ3v) is 8.29. The SMILES string of the molecule is CCCn1c(CCC(=O)NCCCN2CCOCC2)nc2cc(S(=O)(=O)N(CC)CC)ccc21. The van der Waals surface area contributed by atoms with Gasteiger partial charge in [-0.05, 0) is 37.6 Å². The average molecular weight is 494 g/mol. The Hall–Kier alpha value is -2.01. The second kappa shape index (κ2) is 12.6. The zero-order valence-corrected chi connectivity index (χ0v) is 21.6. The number of rotatable bonds is 13. The van der Waals surface area contributed by atoms with Crippen LogP contribution in [0, 0.1) is 0 Å². The van der Waals surface area contributed by atoms with Crippen molar-refractivity contribution in [1.82, 2.24) is 24.1 Å². The number of nitrogens with zero attached hydrogens (tertiary/aromatic N) is 4. The standard InChI is InChI=1S/C24H39N5O4S/c1-4-13-29-22-9-8-20(34(31,32)28(5-2)6-3)19-21(22)26-23(29)10-11-24(30)25-12-7-14-27-15-17-33-18-16-27/h8-9,19H,4-7,10-18H2,1-3H3,(H,25,30). The summed E-state index contributed by atoms with van der Waals surface area (Å²) in [6, 6.07) is 5.16. The van der Waals surface area contributed by atoms with E-state index in [9.17, 15) is 13.2 Å². The maximum Gasteiger partial charge on any atom is 0.243 e. The quantitative estimate of drug-likeness (QED) is 0.430. The number of carbonyl (C=O) groups is 1. The van der Waals surface area contributed by atoms with E-state index in [4.69, 9.17) is 9.72 Å². The molecule has 190 valence electrons. The van der Waals surface area contributed by atoms with Crippen molar-refractivity contribution in [3.8, 4) is 0 Å². The fourth-order valence-electron chi connectivity index (χ4n) is 4.37. The molecule has 0 radical (unpaired) electrons. The van der Waals surface area contributed by atoms with E-state index in [-0.39, 0.29) is 10.8 Å². The number of hydrogen-bond acceptors (Lipinski definition) is 6. The molecule has 0 spiro atoms. The molecular formula is C24H39N5O4S. The first kappa shape index (κ1) is 26.6. The summed E-state index contributed by atoms with van der Waals surface area (Å²) in [6.07, 6.45) is 2.72. The number of carbonyl (C=O) groups excluding carboxylic acids is 1. The zero-order valence-electron chi connectivity index (χ0n) is 20.8. The van der Waals surface area contributed by atoms with Gasteiger partial charge in [-0.3, -0.25) is 9.69 Å². The van der Waals surface area contributed by atoms with E-state index in [1.807, 2.05) is 19.9 Å². The lowest BCUT2D eigenvalue weighted by atomic mass is 10.2. The second-order valence-corrected chi connectivity index (χ2v) is 10.5. The third kappa shape index (κ3) is 6.56. The van der Waals surface area contributed by atoms with Crippen molar-refractivity contribution in [2.75, 3.05) is 52.5 Å². The number of morpholine rings is 1. The molecule has 1 N–H and O–H groups in total. The monoisotopic (exact) mass is 493 g/mol. The van der Waals surface area contributed by atoms with E-state index in [2.05, 4.69) is 21.7 Å². The molecular weight excluding hydrogens is 454 g/mol. The number of imidazole rings is 1. The summed E-state index contributed by atoms with van der Waals surface area (Å²) in [6.45, 7) is 12.5.